The van der Waals surface area contributed by atoms with Crippen molar-refractivity contribution >= 4 is 23.2 Å². The largest absolute Gasteiger partial charge is 0.493 e. The number of rotatable bonds is 4. The Bertz CT molecular complexity index is 377. The lowest BCUT2D eigenvalue weighted by atomic mass is 10.1. The molecule has 1 rings (SSSR count). The predicted octanol–water partition coefficient (Wildman–Crippen LogP) is 3.33. The van der Waals surface area contributed by atoms with E-state index in [-0.39, 0.29) is 5.91 Å². The highest BCUT2D eigenvalue weighted by Gasteiger charge is 2.11. The normalized spacial score (nSPS) is 10.3. The predicted molar refractivity (Wildman–Crippen MR) is 66.1 cm³/mol. The Hall–Kier alpha value is -1.22. The van der Waals surface area contributed by atoms with Crippen molar-refractivity contribution in [3.05, 3.63) is 23.2 Å². The summed E-state index contributed by atoms with van der Waals surface area (Å²) in [7, 11) is 1.53. The van der Waals surface area contributed by atoms with Gasteiger partial charge in [-0.1, -0.05) is 31.5 Å². The second-order valence-corrected chi connectivity index (χ2v) is 4.37. The van der Waals surface area contributed by atoms with E-state index in [0.29, 0.717) is 28.8 Å². The summed E-state index contributed by atoms with van der Waals surface area (Å²) in [6, 6.07) is 5.26. The molecule has 4 heteroatoms. The number of nitrogens with one attached hydrogen (secondary N) is 1. The molecule has 0 saturated heterocycles. The van der Waals surface area contributed by atoms with E-state index < -0.39 is 0 Å². The molecule has 0 atom stereocenters. The summed E-state index contributed by atoms with van der Waals surface area (Å²) in [4.78, 5) is 11.6. The fourth-order valence-electron chi connectivity index (χ4n) is 1.39. The third kappa shape index (κ3) is 3.42. The molecule has 3 nitrogen and oxygen atoms in total. The van der Waals surface area contributed by atoms with Gasteiger partial charge in [-0.05, 0) is 18.1 Å². The molecule has 0 saturated carbocycles. The Labute approximate surface area is 101 Å². The van der Waals surface area contributed by atoms with Gasteiger partial charge in [-0.25, -0.2) is 0 Å². The average molecular weight is 242 g/mol. The lowest BCUT2D eigenvalue weighted by molar-refractivity contribution is -0.116. The fourth-order valence-corrected chi connectivity index (χ4v) is 1.64. The zero-order chi connectivity index (χ0) is 12.1. The molecule has 1 aromatic carbocycles. The van der Waals surface area contributed by atoms with Gasteiger partial charge < -0.3 is 10.1 Å². The summed E-state index contributed by atoms with van der Waals surface area (Å²) in [5.41, 5.74) is 0.612. The van der Waals surface area contributed by atoms with Crippen LogP contribution in [-0.4, -0.2) is 13.0 Å². The molecule has 0 bridgehead atoms. The van der Waals surface area contributed by atoms with Gasteiger partial charge in [0.25, 0.3) is 0 Å². The molecule has 0 radical (unpaired) electrons. The van der Waals surface area contributed by atoms with Crippen molar-refractivity contribution in [2.45, 2.75) is 20.3 Å². The van der Waals surface area contributed by atoms with E-state index in [1.54, 1.807) is 18.2 Å². The highest BCUT2D eigenvalue weighted by atomic mass is 35.5. The lowest BCUT2D eigenvalue weighted by Gasteiger charge is -2.12. The Morgan fingerprint density at radius 2 is 2.19 bits per heavy atom. The monoisotopic (exact) mass is 241 g/mol. The summed E-state index contributed by atoms with van der Waals surface area (Å²) in [6.07, 6.45) is 0.482. The molecule has 1 aromatic rings. The molecule has 0 unspecified atom stereocenters. The number of carbonyl (C=O) groups excluding carboxylic acids is 1. The molecule has 0 spiro atoms. The molecule has 1 N–H and O–H groups in total. The molecule has 16 heavy (non-hydrogen) atoms. The number of carbonyl (C=O) groups is 1. The number of hydrogen-bond acceptors (Lipinski definition) is 2. The molecule has 0 aliphatic heterocycles. The Balaban J connectivity index is 2.81. The number of methoxy groups -OCH3 is 1. The molecule has 0 fully saturated rings. The van der Waals surface area contributed by atoms with Crippen LogP contribution in [0.25, 0.3) is 0 Å². The summed E-state index contributed by atoms with van der Waals surface area (Å²) >= 11 is 5.94. The number of halogens is 1. The van der Waals surface area contributed by atoms with E-state index in [1.165, 1.54) is 7.11 Å². The topological polar surface area (TPSA) is 38.3 Å². The van der Waals surface area contributed by atoms with E-state index in [4.69, 9.17) is 16.3 Å². The molecule has 1 amide bonds. The number of benzene rings is 1. The second-order valence-electron chi connectivity index (χ2n) is 3.97. The molecular weight excluding hydrogens is 226 g/mol. The van der Waals surface area contributed by atoms with E-state index >= 15 is 0 Å². The first kappa shape index (κ1) is 12.8. The van der Waals surface area contributed by atoms with Crippen molar-refractivity contribution in [1.29, 1.82) is 0 Å². The van der Waals surface area contributed by atoms with Crippen molar-refractivity contribution in [3.8, 4) is 5.75 Å². The molecule has 88 valence electrons. The van der Waals surface area contributed by atoms with Crippen LogP contribution < -0.4 is 10.1 Å². The molecule has 0 aliphatic carbocycles. The minimum Gasteiger partial charge on any atom is -0.493 e. The van der Waals surface area contributed by atoms with Crippen LogP contribution in [-0.2, 0) is 4.79 Å². The number of amides is 1. The minimum absolute atomic E-state index is 0.0319. The first-order valence-corrected chi connectivity index (χ1v) is 5.54. The van der Waals surface area contributed by atoms with Gasteiger partial charge >= 0.3 is 0 Å². The highest BCUT2D eigenvalue weighted by molar-refractivity contribution is 6.32. The zero-order valence-electron chi connectivity index (χ0n) is 9.71. The molecule has 0 aromatic heterocycles. The Morgan fingerprint density at radius 3 is 2.75 bits per heavy atom. The van der Waals surface area contributed by atoms with Crippen LogP contribution in [0.1, 0.15) is 20.3 Å². The maximum Gasteiger partial charge on any atom is 0.224 e. The van der Waals surface area contributed by atoms with Gasteiger partial charge in [-0.2, -0.15) is 0 Å². The van der Waals surface area contributed by atoms with Crippen molar-refractivity contribution in [3.63, 3.8) is 0 Å². The van der Waals surface area contributed by atoms with Crippen LogP contribution in [0.15, 0.2) is 18.2 Å². The van der Waals surface area contributed by atoms with Gasteiger partial charge in [0.1, 0.15) is 0 Å². The maximum atomic E-state index is 11.6. The number of hydrogen-bond donors (Lipinski definition) is 1. The number of para-hydroxylation sites is 1. The first-order valence-electron chi connectivity index (χ1n) is 5.17. The summed E-state index contributed by atoms with van der Waals surface area (Å²) in [5, 5.41) is 3.28. The third-order valence-electron chi connectivity index (χ3n) is 2.04. The Kier molecular flexibility index (Phi) is 4.62. The minimum atomic E-state index is -0.0319. The first-order chi connectivity index (χ1) is 7.54. The highest BCUT2D eigenvalue weighted by Crippen LogP contribution is 2.32. The smallest absolute Gasteiger partial charge is 0.224 e. The SMILES string of the molecule is COc1c(Cl)cccc1NC(=O)CC(C)C. The average Bonchev–Trinajstić information content (AvgIpc) is 2.16. The van der Waals surface area contributed by atoms with Gasteiger partial charge in [-0.3, -0.25) is 4.79 Å². The van der Waals surface area contributed by atoms with Crippen LogP contribution in [0.4, 0.5) is 5.69 Å². The van der Waals surface area contributed by atoms with Crippen LogP contribution >= 0.6 is 11.6 Å². The van der Waals surface area contributed by atoms with E-state index in [9.17, 15) is 4.79 Å². The summed E-state index contributed by atoms with van der Waals surface area (Å²) < 4.78 is 5.14. The van der Waals surface area contributed by atoms with Gasteiger partial charge in [0, 0.05) is 6.42 Å². The Morgan fingerprint density at radius 1 is 1.50 bits per heavy atom. The molecule has 0 aliphatic rings. The molecular formula is C12H16ClNO2. The van der Waals surface area contributed by atoms with Gasteiger partial charge in [0.05, 0.1) is 17.8 Å². The van der Waals surface area contributed by atoms with E-state index in [0.717, 1.165) is 0 Å². The number of anilines is 1. The van der Waals surface area contributed by atoms with Crippen molar-refractivity contribution in [2.24, 2.45) is 5.92 Å². The molecule has 0 heterocycles. The summed E-state index contributed by atoms with van der Waals surface area (Å²) in [5.74, 6) is 0.794. The van der Waals surface area contributed by atoms with E-state index in [1.807, 2.05) is 13.8 Å². The van der Waals surface area contributed by atoms with Gasteiger partial charge in [0.15, 0.2) is 5.75 Å². The van der Waals surface area contributed by atoms with Crippen LogP contribution in [0.5, 0.6) is 5.75 Å². The van der Waals surface area contributed by atoms with Crippen LogP contribution in [0, 0.1) is 5.92 Å². The van der Waals surface area contributed by atoms with Crippen LogP contribution in [0.2, 0.25) is 5.02 Å². The van der Waals surface area contributed by atoms with Gasteiger partial charge in [-0.15, -0.1) is 0 Å². The van der Waals surface area contributed by atoms with Crippen molar-refractivity contribution in [1.82, 2.24) is 0 Å². The quantitative estimate of drug-likeness (QED) is 0.878. The van der Waals surface area contributed by atoms with Crippen molar-refractivity contribution < 1.29 is 9.53 Å². The standard InChI is InChI=1S/C12H16ClNO2/c1-8(2)7-11(15)14-10-6-4-5-9(13)12(10)16-3/h4-6,8H,7H2,1-3H3,(H,14,15). The fraction of sp³-hybridized carbons (Fsp3) is 0.417. The maximum absolute atomic E-state index is 11.6. The lowest BCUT2D eigenvalue weighted by Crippen LogP contribution is -2.14. The van der Waals surface area contributed by atoms with Gasteiger partial charge in [0.2, 0.25) is 5.91 Å². The van der Waals surface area contributed by atoms with Crippen molar-refractivity contribution in [2.75, 3.05) is 12.4 Å². The number of ether oxygens (including phenoxy) is 1. The summed E-state index contributed by atoms with van der Waals surface area (Å²) in [6.45, 7) is 3.99. The second kappa shape index (κ2) is 5.75. The third-order valence-corrected chi connectivity index (χ3v) is 2.34. The zero-order valence-corrected chi connectivity index (χ0v) is 10.5. The van der Waals surface area contributed by atoms with Crippen LogP contribution in [0.3, 0.4) is 0 Å². The van der Waals surface area contributed by atoms with E-state index in [2.05, 4.69) is 5.32 Å².